The molecule has 0 fully saturated rings. The molecule has 3 heterocycles. The molecule has 2 aromatic carbocycles. The van der Waals surface area contributed by atoms with Gasteiger partial charge in [-0.2, -0.15) is 0 Å². The van der Waals surface area contributed by atoms with Crippen LogP contribution < -0.4 is 14.2 Å². The van der Waals surface area contributed by atoms with Crippen LogP contribution in [0.1, 0.15) is 27.5 Å². The van der Waals surface area contributed by atoms with Crippen molar-refractivity contribution in [2.45, 2.75) is 20.1 Å². The van der Waals surface area contributed by atoms with Crippen molar-refractivity contribution in [3.8, 4) is 34.7 Å². The van der Waals surface area contributed by atoms with Crippen LogP contribution in [0.2, 0.25) is 0 Å². The van der Waals surface area contributed by atoms with Crippen molar-refractivity contribution >= 4 is 6.29 Å². The van der Waals surface area contributed by atoms with Gasteiger partial charge in [-0.15, -0.1) is 5.10 Å². The van der Waals surface area contributed by atoms with Crippen molar-refractivity contribution in [3.05, 3.63) is 95.7 Å². The van der Waals surface area contributed by atoms with Crippen molar-refractivity contribution in [2.75, 3.05) is 7.11 Å². The molecule has 0 atom stereocenters. The first-order valence-corrected chi connectivity index (χ1v) is 11.2. The Morgan fingerprint density at radius 3 is 2.58 bits per heavy atom. The lowest BCUT2D eigenvalue weighted by Gasteiger charge is -2.12. The van der Waals surface area contributed by atoms with Gasteiger partial charge < -0.3 is 23.0 Å². The van der Waals surface area contributed by atoms with Crippen LogP contribution in [-0.2, 0) is 13.2 Å². The summed E-state index contributed by atoms with van der Waals surface area (Å²) >= 11 is 0. The van der Waals surface area contributed by atoms with Crippen LogP contribution >= 0.6 is 0 Å². The molecule has 0 N–H and O–H groups in total. The number of aldehydes is 1. The molecule has 3 aromatic heterocycles. The third-order valence-corrected chi connectivity index (χ3v) is 5.44. The van der Waals surface area contributed by atoms with E-state index in [-0.39, 0.29) is 13.2 Å². The summed E-state index contributed by atoms with van der Waals surface area (Å²) in [6.45, 7) is 2.26. The maximum atomic E-state index is 11.5. The van der Waals surface area contributed by atoms with Gasteiger partial charge >= 0.3 is 0 Å². The third-order valence-electron chi connectivity index (χ3n) is 5.44. The molecule has 0 saturated heterocycles. The number of aromatic nitrogens is 3. The molecule has 0 aliphatic carbocycles. The zero-order valence-corrected chi connectivity index (χ0v) is 19.7. The number of carbonyl (C=O) groups is 1. The second-order valence-corrected chi connectivity index (χ2v) is 7.83. The van der Waals surface area contributed by atoms with Gasteiger partial charge in [-0.3, -0.25) is 4.79 Å². The SMILES string of the molecule is COc1cc(COc2cc(C=O)n(-c3ccccc3)n2)ccc1OCc1nc(-c2ccco2)oc1C. The van der Waals surface area contributed by atoms with Crippen molar-refractivity contribution < 1.29 is 27.8 Å². The minimum absolute atomic E-state index is 0.202. The number of para-hydroxylation sites is 1. The highest BCUT2D eigenvalue weighted by molar-refractivity contribution is 5.74. The molecule has 36 heavy (non-hydrogen) atoms. The average molecular weight is 485 g/mol. The van der Waals surface area contributed by atoms with Crippen LogP contribution in [0.25, 0.3) is 17.3 Å². The molecule has 5 rings (SSSR count). The first kappa shape index (κ1) is 23.0. The van der Waals surface area contributed by atoms with E-state index in [4.69, 9.17) is 23.0 Å². The Labute approximate surface area is 206 Å². The zero-order chi connectivity index (χ0) is 24.9. The van der Waals surface area contributed by atoms with Gasteiger partial charge in [0.05, 0.1) is 19.1 Å². The Morgan fingerprint density at radius 1 is 0.972 bits per heavy atom. The number of rotatable bonds is 10. The van der Waals surface area contributed by atoms with Gasteiger partial charge in [-0.25, -0.2) is 9.67 Å². The molecule has 0 amide bonds. The van der Waals surface area contributed by atoms with Crippen LogP contribution in [0.15, 0.2) is 81.8 Å². The summed E-state index contributed by atoms with van der Waals surface area (Å²) in [6, 6.07) is 20.1. The first-order valence-electron chi connectivity index (χ1n) is 11.2. The van der Waals surface area contributed by atoms with Crippen LogP contribution in [0, 0.1) is 6.92 Å². The summed E-state index contributed by atoms with van der Waals surface area (Å²) < 4.78 is 29.9. The van der Waals surface area contributed by atoms with Gasteiger partial charge in [0.15, 0.2) is 23.5 Å². The van der Waals surface area contributed by atoms with E-state index in [0.717, 1.165) is 17.5 Å². The number of methoxy groups -OCH3 is 1. The number of carbonyl (C=O) groups excluding carboxylic acids is 1. The largest absolute Gasteiger partial charge is 0.493 e. The van der Waals surface area contributed by atoms with E-state index < -0.39 is 0 Å². The van der Waals surface area contributed by atoms with E-state index in [2.05, 4.69) is 10.1 Å². The van der Waals surface area contributed by atoms with Crippen LogP contribution in [-0.4, -0.2) is 28.2 Å². The quantitative estimate of drug-likeness (QED) is 0.242. The van der Waals surface area contributed by atoms with Crippen molar-refractivity contribution in [3.63, 3.8) is 0 Å². The summed E-state index contributed by atoms with van der Waals surface area (Å²) in [5.41, 5.74) is 2.68. The van der Waals surface area contributed by atoms with E-state index in [1.165, 1.54) is 0 Å². The highest BCUT2D eigenvalue weighted by Crippen LogP contribution is 2.30. The second-order valence-electron chi connectivity index (χ2n) is 7.83. The summed E-state index contributed by atoms with van der Waals surface area (Å²) in [4.78, 5) is 16.0. The monoisotopic (exact) mass is 485 g/mol. The Balaban J connectivity index is 1.25. The number of nitrogens with zero attached hydrogens (tertiary/aromatic N) is 3. The lowest BCUT2D eigenvalue weighted by Crippen LogP contribution is -2.02. The second kappa shape index (κ2) is 10.2. The molecule has 0 bridgehead atoms. The van der Waals surface area contributed by atoms with Crippen molar-refractivity contribution in [2.24, 2.45) is 0 Å². The maximum Gasteiger partial charge on any atom is 0.263 e. The highest BCUT2D eigenvalue weighted by atomic mass is 16.5. The smallest absolute Gasteiger partial charge is 0.263 e. The fraction of sp³-hybridized carbons (Fsp3) is 0.148. The third kappa shape index (κ3) is 4.85. The number of ether oxygens (including phenoxy) is 3. The maximum absolute atomic E-state index is 11.5. The summed E-state index contributed by atoms with van der Waals surface area (Å²) in [5, 5.41) is 4.40. The van der Waals surface area contributed by atoms with Gasteiger partial charge in [0.2, 0.25) is 5.88 Å². The zero-order valence-electron chi connectivity index (χ0n) is 19.7. The number of aryl methyl sites for hydroxylation is 1. The molecule has 0 aliphatic heterocycles. The van der Waals surface area contributed by atoms with Gasteiger partial charge in [0.1, 0.15) is 30.4 Å². The van der Waals surface area contributed by atoms with Gasteiger partial charge in [-0.05, 0) is 48.9 Å². The van der Waals surface area contributed by atoms with E-state index in [1.54, 1.807) is 42.3 Å². The highest BCUT2D eigenvalue weighted by Gasteiger charge is 2.16. The lowest BCUT2D eigenvalue weighted by atomic mass is 10.2. The van der Waals surface area contributed by atoms with Crippen molar-refractivity contribution in [1.82, 2.24) is 14.8 Å². The predicted molar refractivity (Wildman–Crippen MR) is 130 cm³/mol. The van der Waals surface area contributed by atoms with Gasteiger partial charge in [-0.1, -0.05) is 24.3 Å². The number of oxazole rings is 1. The number of hydrogen-bond donors (Lipinski definition) is 0. The minimum Gasteiger partial charge on any atom is -0.493 e. The fourth-order valence-corrected chi connectivity index (χ4v) is 3.60. The average Bonchev–Trinajstić information content (AvgIpc) is 3.67. The normalized spacial score (nSPS) is 10.8. The lowest BCUT2D eigenvalue weighted by molar-refractivity contribution is 0.111. The first-order chi connectivity index (χ1) is 17.6. The van der Waals surface area contributed by atoms with Crippen LogP contribution in [0.3, 0.4) is 0 Å². The van der Waals surface area contributed by atoms with E-state index >= 15 is 0 Å². The molecular formula is C27H23N3O6. The molecule has 5 aromatic rings. The van der Waals surface area contributed by atoms with Gasteiger partial charge in [0, 0.05) is 6.07 Å². The fourth-order valence-electron chi connectivity index (χ4n) is 3.60. The van der Waals surface area contributed by atoms with Crippen LogP contribution in [0.4, 0.5) is 0 Å². The van der Waals surface area contributed by atoms with Gasteiger partial charge in [0.25, 0.3) is 5.89 Å². The summed E-state index contributed by atoms with van der Waals surface area (Å²) in [7, 11) is 1.57. The van der Waals surface area contributed by atoms with E-state index in [0.29, 0.717) is 46.2 Å². The van der Waals surface area contributed by atoms with E-state index in [9.17, 15) is 4.79 Å². The molecule has 0 radical (unpaired) electrons. The molecule has 9 nitrogen and oxygen atoms in total. The topological polar surface area (TPSA) is 102 Å². The molecule has 9 heteroatoms. The number of furan rings is 1. The molecule has 0 aliphatic rings. The summed E-state index contributed by atoms with van der Waals surface area (Å²) in [5.74, 6) is 3.05. The Hall–Kier alpha value is -4.79. The minimum atomic E-state index is 0.202. The molecular weight excluding hydrogens is 462 g/mol. The Bertz CT molecular complexity index is 1450. The van der Waals surface area contributed by atoms with E-state index in [1.807, 2.05) is 49.4 Å². The van der Waals surface area contributed by atoms with Crippen molar-refractivity contribution in [1.29, 1.82) is 0 Å². The molecule has 0 spiro atoms. The molecule has 182 valence electrons. The Morgan fingerprint density at radius 2 is 1.83 bits per heavy atom. The number of hydrogen-bond acceptors (Lipinski definition) is 8. The Kier molecular flexibility index (Phi) is 6.53. The standard InChI is InChI=1S/C27H23N3O6/c1-18-22(28-27(36-18)24-9-6-12-33-24)17-34-23-11-10-19(13-25(23)32-2)16-35-26-14-21(15-31)30(29-26)20-7-4-3-5-8-20/h3-15H,16-17H2,1-2H3. The summed E-state index contributed by atoms with van der Waals surface area (Å²) in [6.07, 6.45) is 2.31. The molecule has 0 unspecified atom stereocenters. The number of benzene rings is 2. The molecule has 0 saturated carbocycles. The predicted octanol–water partition coefficient (Wildman–Crippen LogP) is 5.41. The van der Waals surface area contributed by atoms with Crippen LogP contribution in [0.5, 0.6) is 17.4 Å².